The maximum absolute atomic E-state index is 4.40. The molecule has 0 radical (unpaired) electrons. The number of hydrogen-bond donors (Lipinski definition) is 0. The SMILES string of the molecule is C=C1CC(C)CC/C1=N/N(C)C. The van der Waals surface area contributed by atoms with Crippen LogP contribution in [0.2, 0.25) is 0 Å². The van der Waals surface area contributed by atoms with Crippen LogP contribution in [0.1, 0.15) is 26.2 Å². The third-order valence-corrected chi connectivity index (χ3v) is 2.20. The third kappa shape index (κ3) is 2.36. The zero-order valence-corrected chi connectivity index (χ0v) is 8.30. The van der Waals surface area contributed by atoms with Gasteiger partial charge in [0.15, 0.2) is 0 Å². The summed E-state index contributed by atoms with van der Waals surface area (Å²) in [6.07, 6.45) is 3.47. The molecule has 12 heavy (non-hydrogen) atoms. The zero-order valence-electron chi connectivity index (χ0n) is 8.30. The first-order valence-corrected chi connectivity index (χ1v) is 4.52. The highest BCUT2D eigenvalue weighted by Crippen LogP contribution is 2.24. The molecule has 1 atom stereocenters. The lowest BCUT2D eigenvalue weighted by Crippen LogP contribution is -2.17. The lowest BCUT2D eigenvalue weighted by Gasteiger charge is -2.22. The molecule has 1 fully saturated rings. The highest BCUT2D eigenvalue weighted by atomic mass is 15.4. The Morgan fingerprint density at radius 3 is 2.67 bits per heavy atom. The van der Waals surface area contributed by atoms with Gasteiger partial charge in [0.1, 0.15) is 0 Å². The van der Waals surface area contributed by atoms with Crippen LogP contribution in [-0.4, -0.2) is 24.8 Å². The van der Waals surface area contributed by atoms with Gasteiger partial charge in [-0.05, 0) is 30.8 Å². The molecule has 0 amide bonds. The van der Waals surface area contributed by atoms with Crippen LogP contribution in [0, 0.1) is 5.92 Å². The third-order valence-electron chi connectivity index (χ3n) is 2.20. The maximum Gasteiger partial charge on any atom is 0.0631 e. The molecule has 0 aromatic heterocycles. The summed E-state index contributed by atoms with van der Waals surface area (Å²) in [7, 11) is 3.91. The minimum Gasteiger partial charge on any atom is -0.303 e. The monoisotopic (exact) mass is 166 g/mol. The van der Waals surface area contributed by atoms with Crippen molar-refractivity contribution in [2.75, 3.05) is 14.1 Å². The van der Waals surface area contributed by atoms with Crippen molar-refractivity contribution in [3.05, 3.63) is 12.2 Å². The number of nitrogens with zero attached hydrogens (tertiary/aromatic N) is 2. The van der Waals surface area contributed by atoms with E-state index >= 15 is 0 Å². The maximum atomic E-state index is 4.40. The van der Waals surface area contributed by atoms with E-state index in [4.69, 9.17) is 0 Å². The summed E-state index contributed by atoms with van der Waals surface area (Å²) >= 11 is 0. The van der Waals surface area contributed by atoms with Gasteiger partial charge in [0, 0.05) is 14.1 Å². The molecule has 0 bridgehead atoms. The minimum absolute atomic E-state index is 0.790. The summed E-state index contributed by atoms with van der Waals surface area (Å²) in [5.74, 6) is 0.790. The summed E-state index contributed by atoms with van der Waals surface area (Å²) < 4.78 is 0. The predicted octanol–water partition coefficient (Wildman–Crippen LogP) is 2.28. The Hall–Kier alpha value is -0.790. The molecule has 0 saturated heterocycles. The van der Waals surface area contributed by atoms with E-state index in [1.54, 1.807) is 0 Å². The van der Waals surface area contributed by atoms with Gasteiger partial charge < -0.3 is 5.01 Å². The first-order valence-electron chi connectivity index (χ1n) is 4.52. The second-order valence-corrected chi connectivity index (χ2v) is 3.85. The van der Waals surface area contributed by atoms with E-state index in [0.29, 0.717) is 0 Å². The van der Waals surface area contributed by atoms with Crippen LogP contribution in [0.4, 0.5) is 0 Å². The molecular formula is C10H18N2. The molecule has 1 aliphatic rings. The summed E-state index contributed by atoms with van der Waals surface area (Å²) in [4.78, 5) is 0. The van der Waals surface area contributed by atoms with E-state index in [0.717, 1.165) is 18.8 Å². The molecule has 0 N–H and O–H groups in total. The van der Waals surface area contributed by atoms with Gasteiger partial charge in [-0.2, -0.15) is 5.10 Å². The fourth-order valence-corrected chi connectivity index (χ4v) is 1.56. The van der Waals surface area contributed by atoms with Crippen molar-refractivity contribution < 1.29 is 0 Å². The van der Waals surface area contributed by atoms with Gasteiger partial charge in [-0.15, -0.1) is 0 Å². The van der Waals surface area contributed by atoms with E-state index in [9.17, 15) is 0 Å². The quantitative estimate of drug-likeness (QED) is 0.546. The second kappa shape index (κ2) is 3.74. The average molecular weight is 166 g/mol. The molecule has 0 heterocycles. The van der Waals surface area contributed by atoms with Crippen molar-refractivity contribution >= 4 is 5.71 Å². The summed E-state index contributed by atoms with van der Waals surface area (Å²) in [5, 5.41) is 6.26. The van der Waals surface area contributed by atoms with Gasteiger partial charge >= 0.3 is 0 Å². The Kier molecular flexibility index (Phi) is 2.90. The number of hydrazone groups is 1. The van der Waals surface area contributed by atoms with E-state index in [-0.39, 0.29) is 0 Å². The molecule has 0 aromatic rings. The molecule has 1 unspecified atom stereocenters. The molecule has 0 aliphatic heterocycles. The molecule has 1 aliphatic carbocycles. The summed E-state index contributed by atoms with van der Waals surface area (Å²) in [6, 6.07) is 0. The average Bonchev–Trinajstić information content (AvgIpc) is 1.94. The number of allylic oxidation sites excluding steroid dienone is 1. The van der Waals surface area contributed by atoms with Crippen molar-refractivity contribution in [2.45, 2.75) is 26.2 Å². The van der Waals surface area contributed by atoms with E-state index in [1.165, 1.54) is 17.7 Å². The molecule has 0 aromatic carbocycles. The molecular weight excluding hydrogens is 148 g/mol. The van der Waals surface area contributed by atoms with Crippen molar-refractivity contribution in [3.8, 4) is 0 Å². The van der Waals surface area contributed by atoms with Crippen LogP contribution < -0.4 is 0 Å². The smallest absolute Gasteiger partial charge is 0.0631 e. The van der Waals surface area contributed by atoms with Crippen molar-refractivity contribution in [1.29, 1.82) is 0 Å². The molecule has 2 heteroatoms. The molecule has 2 nitrogen and oxygen atoms in total. The Labute approximate surface area is 75.0 Å². The van der Waals surface area contributed by atoms with Gasteiger partial charge in [0.2, 0.25) is 0 Å². The topological polar surface area (TPSA) is 15.6 Å². The van der Waals surface area contributed by atoms with Gasteiger partial charge in [0.05, 0.1) is 5.71 Å². The normalized spacial score (nSPS) is 27.8. The van der Waals surface area contributed by atoms with Crippen LogP contribution in [-0.2, 0) is 0 Å². The Balaban J connectivity index is 2.62. The van der Waals surface area contributed by atoms with Crippen molar-refractivity contribution in [3.63, 3.8) is 0 Å². The first-order chi connectivity index (χ1) is 5.59. The first kappa shape index (κ1) is 9.30. The van der Waals surface area contributed by atoms with E-state index in [1.807, 2.05) is 19.1 Å². The van der Waals surface area contributed by atoms with Crippen LogP contribution >= 0.6 is 0 Å². The van der Waals surface area contributed by atoms with Crippen LogP contribution in [0.25, 0.3) is 0 Å². The van der Waals surface area contributed by atoms with E-state index < -0.39 is 0 Å². The Morgan fingerprint density at radius 2 is 2.17 bits per heavy atom. The van der Waals surface area contributed by atoms with Crippen molar-refractivity contribution in [1.82, 2.24) is 5.01 Å². The Bertz CT molecular complexity index is 204. The largest absolute Gasteiger partial charge is 0.303 e. The van der Waals surface area contributed by atoms with Gasteiger partial charge in [-0.3, -0.25) is 0 Å². The summed E-state index contributed by atoms with van der Waals surface area (Å²) in [5.41, 5.74) is 2.42. The highest BCUT2D eigenvalue weighted by Gasteiger charge is 2.17. The molecule has 68 valence electrons. The molecule has 1 saturated carbocycles. The second-order valence-electron chi connectivity index (χ2n) is 3.85. The van der Waals surface area contributed by atoms with Crippen LogP contribution in [0.5, 0.6) is 0 Å². The van der Waals surface area contributed by atoms with Crippen molar-refractivity contribution in [2.24, 2.45) is 11.0 Å². The number of hydrogen-bond acceptors (Lipinski definition) is 2. The summed E-state index contributed by atoms with van der Waals surface area (Å²) in [6.45, 7) is 6.32. The van der Waals surface area contributed by atoms with Crippen LogP contribution in [0.15, 0.2) is 17.3 Å². The fourth-order valence-electron chi connectivity index (χ4n) is 1.56. The lowest BCUT2D eigenvalue weighted by molar-refractivity contribution is 0.429. The van der Waals surface area contributed by atoms with Crippen LogP contribution in [0.3, 0.4) is 0 Å². The standard InChI is InChI=1S/C10H18N2/c1-8-5-6-10(9(2)7-8)11-12(3)4/h8H,2,5-7H2,1,3-4H3/b11-10-. The predicted molar refractivity (Wildman–Crippen MR) is 53.3 cm³/mol. The lowest BCUT2D eigenvalue weighted by atomic mass is 9.86. The fraction of sp³-hybridized carbons (Fsp3) is 0.700. The van der Waals surface area contributed by atoms with E-state index in [2.05, 4.69) is 18.6 Å². The Morgan fingerprint density at radius 1 is 1.50 bits per heavy atom. The number of rotatable bonds is 1. The van der Waals surface area contributed by atoms with Gasteiger partial charge in [0.25, 0.3) is 0 Å². The zero-order chi connectivity index (χ0) is 9.14. The minimum atomic E-state index is 0.790. The highest BCUT2D eigenvalue weighted by molar-refractivity contribution is 6.00. The molecule has 0 spiro atoms. The van der Waals surface area contributed by atoms with Gasteiger partial charge in [-0.25, -0.2) is 0 Å². The van der Waals surface area contributed by atoms with Gasteiger partial charge in [-0.1, -0.05) is 13.5 Å². The molecule has 1 rings (SSSR count).